The molecule has 5 nitrogen and oxygen atoms in total. The number of likely N-dealkylation sites (N-methyl/N-ethyl adjacent to an activating group) is 1. The Kier molecular flexibility index (Phi) is 4.61. The summed E-state index contributed by atoms with van der Waals surface area (Å²) < 4.78 is 23.2. The molecule has 0 spiro atoms. The first-order valence-electron chi connectivity index (χ1n) is 5.42. The molecule has 0 fully saturated rings. The third-order valence-electron chi connectivity index (χ3n) is 2.56. The summed E-state index contributed by atoms with van der Waals surface area (Å²) in [5.41, 5.74) is 0.766. The minimum Gasteiger partial charge on any atom is -0.335 e. The SMILES string of the molecule is CCS(=O)(=O)c1ccc(CN(C)C(=O)C=O)cc1. The van der Waals surface area contributed by atoms with Crippen molar-refractivity contribution in [1.82, 2.24) is 4.90 Å². The molecule has 1 amide bonds. The second-order valence-corrected chi connectivity index (χ2v) is 6.14. The lowest BCUT2D eigenvalue weighted by atomic mass is 10.2. The molecule has 0 atom stereocenters. The summed E-state index contributed by atoms with van der Waals surface area (Å²) in [6.07, 6.45) is 0.246. The summed E-state index contributed by atoms with van der Waals surface area (Å²) in [4.78, 5) is 22.9. The van der Waals surface area contributed by atoms with Gasteiger partial charge >= 0.3 is 0 Å². The van der Waals surface area contributed by atoms with Crippen LogP contribution in [0.25, 0.3) is 0 Å². The fourth-order valence-electron chi connectivity index (χ4n) is 1.41. The van der Waals surface area contributed by atoms with E-state index < -0.39 is 15.7 Å². The normalized spacial score (nSPS) is 11.0. The van der Waals surface area contributed by atoms with Gasteiger partial charge in [0.15, 0.2) is 9.84 Å². The van der Waals surface area contributed by atoms with Crippen molar-refractivity contribution in [2.45, 2.75) is 18.4 Å². The van der Waals surface area contributed by atoms with Crippen LogP contribution in [0.5, 0.6) is 0 Å². The molecule has 1 aromatic carbocycles. The van der Waals surface area contributed by atoms with Crippen LogP contribution < -0.4 is 0 Å². The van der Waals surface area contributed by atoms with Gasteiger partial charge in [0.2, 0.25) is 6.29 Å². The largest absolute Gasteiger partial charge is 0.335 e. The van der Waals surface area contributed by atoms with Crippen LogP contribution in [0.3, 0.4) is 0 Å². The Morgan fingerprint density at radius 1 is 1.28 bits per heavy atom. The first-order chi connectivity index (χ1) is 8.40. The van der Waals surface area contributed by atoms with Gasteiger partial charge in [-0.1, -0.05) is 19.1 Å². The molecule has 0 bridgehead atoms. The second kappa shape index (κ2) is 5.77. The molecule has 0 saturated heterocycles. The molecule has 1 aromatic rings. The highest BCUT2D eigenvalue weighted by molar-refractivity contribution is 7.91. The van der Waals surface area contributed by atoms with Crippen molar-refractivity contribution in [2.75, 3.05) is 12.8 Å². The molecule has 0 N–H and O–H groups in total. The van der Waals surface area contributed by atoms with Crippen molar-refractivity contribution in [1.29, 1.82) is 0 Å². The Balaban J connectivity index is 2.84. The highest BCUT2D eigenvalue weighted by Crippen LogP contribution is 2.13. The van der Waals surface area contributed by atoms with Gasteiger partial charge in [-0.15, -0.1) is 0 Å². The molecule has 0 aliphatic heterocycles. The second-order valence-electron chi connectivity index (χ2n) is 3.86. The maximum absolute atomic E-state index is 11.6. The number of hydrogen-bond acceptors (Lipinski definition) is 4. The summed E-state index contributed by atoms with van der Waals surface area (Å²) in [6, 6.07) is 6.29. The number of amides is 1. The predicted molar refractivity (Wildman–Crippen MR) is 66.7 cm³/mol. The molecule has 0 aliphatic rings. The first-order valence-corrected chi connectivity index (χ1v) is 7.08. The highest BCUT2D eigenvalue weighted by Gasteiger charge is 2.12. The Morgan fingerprint density at radius 2 is 1.83 bits per heavy atom. The van der Waals surface area contributed by atoms with E-state index in [1.54, 1.807) is 19.1 Å². The highest BCUT2D eigenvalue weighted by atomic mass is 32.2. The third-order valence-corrected chi connectivity index (χ3v) is 4.31. The standard InChI is InChI=1S/C12H15NO4S/c1-3-18(16,17)11-6-4-10(5-7-11)8-13(2)12(15)9-14/h4-7,9H,3,8H2,1-2H3. The van der Waals surface area contributed by atoms with Gasteiger partial charge in [0, 0.05) is 13.6 Å². The van der Waals surface area contributed by atoms with Crippen molar-refractivity contribution >= 4 is 22.0 Å². The van der Waals surface area contributed by atoms with E-state index >= 15 is 0 Å². The van der Waals surface area contributed by atoms with Crippen LogP contribution >= 0.6 is 0 Å². The fourth-order valence-corrected chi connectivity index (χ4v) is 2.29. The number of carbonyl (C=O) groups excluding carboxylic acids is 2. The lowest BCUT2D eigenvalue weighted by Crippen LogP contribution is -2.26. The van der Waals surface area contributed by atoms with E-state index in [1.807, 2.05) is 0 Å². The minimum absolute atomic E-state index is 0.0515. The van der Waals surface area contributed by atoms with Gasteiger partial charge in [-0.3, -0.25) is 9.59 Å². The Bertz CT molecular complexity index is 534. The smallest absolute Gasteiger partial charge is 0.286 e. The van der Waals surface area contributed by atoms with Crippen LogP contribution in [-0.4, -0.2) is 38.3 Å². The van der Waals surface area contributed by atoms with Gasteiger partial charge < -0.3 is 4.90 Å². The average molecular weight is 269 g/mol. The van der Waals surface area contributed by atoms with E-state index in [4.69, 9.17) is 0 Å². The van der Waals surface area contributed by atoms with Gasteiger partial charge in [0.1, 0.15) is 0 Å². The van der Waals surface area contributed by atoms with Gasteiger partial charge in [0.05, 0.1) is 10.6 Å². The van der Waals surface area contributed by atoms with E-state index in [1.165, 1.54) is 24.1 Å². The fraction of sp³-hybridized carbons (Fsp3) is 0.333. The number of benzene rings is 1. The lowest BCUT2D eigenvalue weighted by Gasteiger charge is -2.14. The first kappa shape index (κ1) is 14.4. The Morgan fingerprint density at radius 3 is 2.28 bits per heavy atom. The van der Waals surface area contributed by atoms with E-state index in [0.717, 1.165) is 5.56 Å². The van der Waals surface area contributed by atoms with Gasteiger partial charge in [-0.2, -0.15) is 0 Å². The molecule has 0 saturated carbocycles. The quantitative estimate of drug-likeness (QED) is 0.581. The van der Waals surface area contributed by atoms with Crippen molar-refractivity contribution < 1.29 is 18.0 Å². The lowest BCUT2D eigenvalue weighted by molar-refractivity contribution is -0.138. The Hall–Kier alpha value is -1.69. The van der Waals surface area contributed by atoms with Crippen LogP contribution in [0.15, 0.2) is 29.2 Å². The van der Waals surface area contributed by atoms with Crippen LogP contribution in [-0.2, 0) is 26.0 Å². The summed E-state index contributed by atoms with van der Waals surface area (Å²) in [7, 11) is -1.69. The monoisotopic (exact) mass is 269 g/mol. The van der Waals surface area contributed by atoms with Crippen LogP contribution in [0, 0.1) is 0 Å². The molecule has 6 heteroatoms. The molecule has 1 rings (SSSR count). The molecular weight excluding hydrogens is 254 g/mol. The average Bonchev–Trinajstić information content (AvgIpc) is 2.38. The number of rotatable bonds is 5. The number of sulfone groups is 1. The van der Waals surface area contributed by atoms with Crippen LogP contribution in [0.2, 0.25) is 0 Å². The maximum atomic E-state index is 11.6. The zero-order valence-corrected chi connectivity index (χ0v) is 11.1. The maximum Gasteiger partial charge on any atom is 0.286 e. The van der Waals surface area contributed by atoms with E-state index in [0.29, 0.717) is 0 Å². The van der Waals surface area contributed by atoms with Crippen molar-refractivity contribution in [3.05, 3.63) is 29.8 Å². The molecule has 0 unspecified atom stereocenters. The Labute approximate surface area is 106 Å². The van der Waals surface area contributed by atoms with E-state index in [-0.39, 0.29) is 23.5 Å². The molecular formula is C12H15NO4S. The van der Waals surface area contributed by atoms with Gasteiger partial charge in [-0.05, 0) is 17.7 Å². The number of aldehydes is 1. The van der Waals surface area contributed by atoms with E-state index in [9.17, 15) is 18.0 Å². The number of nitrogens with zero attached hydrogens (tertiary/aromatic N) is 1. The number of hydrogen-bond donors (Lipinski definition) is 0. The summed E-state index contributed by atoms with van der Waals surface area (Å²) >= 11 is 0. The minimum atomic E-state index is -3.20. The van der Waals surface area contributed by atoms with Crippen LogP contribution in [0.4, 0.5) is 0 Å². The molecule has 18 heavy (non-hydrogen) atoms. The van der Waals surface area contributed by atoms with Crippen LogP contribution in [0.1, 0.15) is 12.5 Å². The summed E-state index contributed by atoms with van der Waals surface area (Å²) in [6.45, 7) is 1.85. The number of carbonyl (C=O) groups is 2. The van der Waals surface area contributed by atoms with Crippen molar-refractivity contribution in [3.63, 3.8) is 0 Å². The van der Waals surface area contributed by atoms with Gasteiger partial charge in [0.25, 0.3) is 5.91 Å². The summed E-state index contributed by atoms with van der Waals surface area (Å²) in [5, 5.41) is 0. The topological polar surface area (TPSA) is 71.5 Å². The predicted octanol–water partition coefficient (Wildman–Crippen LogP) is 0.637. The molecule has 0 radical (unpaired) electrons. The van der Waals surface area contributed by atoms with Crippen molar-refractivity contribution in [3.8, 4) is 0 Å². The molecule has 98 valence electrons. The van der Waals surface area contributed by atoms with Gasteiger partial charge in [-0.25, -0.2) is 8.42 Å². The molecule has 0 heterocycles. The summed E-state index contributed by atoms with van der Waals surface area (Å²) in [5.74, 6) is -0.559. The zero-order chi connectivity index (χ0) is 13.8. The van der Waals surface area contributed by atoms with E-state index in [2.05, 4.69) is 0 Å². The molecule has 0 aliphatic carbocycles. The molecule has 0 aromatic heterocycles. The third kappa shape index (κ3) is 3.40. The zero-order valence-electron chi connectivity index (χ0n) is 10.3. The van der Waals surface area contributed by atoms with Crippen molar-refractivity contribution in [2.24, 2.45) is 0 Å².